The fourth-order valence-corrected chi connectivity index (χ4v) is 3.37. The molecule has 0 bridgehead atoms. The van der Waals surface area contributed by atoms with Gasteiger partial charge in [0.25, 0.3) is 0 Å². The van der Waals surface area contributed by atoms with Gasteiger partial charge in [-0.3, -0.25) is 9.78 Å². The first-order chi connectivity index (χ1) is 10.7. The van der Waals surface area contributed by atoms with E-state index >= 15 is 0 Å². The SMILES string of the molecule is CC(C)CC(C)(CN)NC(=O)CCNS(=O)(=O)c1cccnc1. The summed E-state index contributed by atoms with van der Waals surface area (Å²) < 4.78 is 26.4. The quantitative estimate of drug-likeness (QED) is 0.609. The second-order valence-corrected chi connectivity index (χ2v) is 8.01. The van der Waals surface area contributed by atoms with E-state index in [0.29, 0.717) is 12.5 Å². The van der Waals surface area contributed by atoms with Gasteiger partial charge in [0.1, 0.15) is 4.90 Å². The van der Waals surface area contributed by atoms with E-state index in [4.69, 9.17) is 5.73 Å². The summed E-state index contributed by atoms with van der Waals surface area (Å²) in [6.45, 7) is 6.36. The van der Waals surface area contributed by atoms with Crippen molar-refractivity contribution in [2.75, 3.05) is 13.1 Å². The maximum atomic E-state index is 12.0. The Morgan fingerprint density at radius 3 is 2.65 bits per heavy atom. The van der Waals surface area contributed by atoms with Crippen LogP contribution >= 0.6 is 0 Å². The van der Waals surface area contributed by atoms with E-state index in [9.17, 15) is 13.2 Å². The molecule has 0 spiro atoms. The molecular weight excluding hydrogens is 316 g/mol. The average Bonchev–Trinajstić information content (AvgIpc) is 2.47. The minimum absolute atomic E-state index is 0.0192. The first-order valence-electron chi connectivity index (χ1n) is 7.59. The molecule has 4 N–H and O–H groups in total. The number of nitrogens with one attached hydrogen (secondary N) is 2. The number of amides is 1. The van der Waals surface area contributed by atoms with Gasteiger partial charge in [-0.1, -0.05) is 13.8 Å². The first-order valence-corrected chi connectivity index (χ1v) is 9.07. The lowest BCUT2D eigenvalue weighted by molar-refractivity contribution is -0.122. The Kier molecular flexibility index (Phi) is 7.11. The monoisotopic (exact) mass is 342 g/mol. The molecule has 0 fully saturated rings. The summed E-state index contributed by atoms with van der Waals surface area (Å²) in [5.74, 6) is 0.167. The van der Waals surface area contributed by atoms with Crippen LogP contribution in [0.2, 0.25) is 0 Å². The summed E-state index contributed by atoms with van der Waals surface area (Å²) in [6.07, 6.45) is 3.56. The lowest BCUT2D eigenvalue weighted by Crippen LogP contribution is -2.52. The average molecular weight is 342 g/mol. The highest BCUT2D eigenvalue weighted by Gasteiger charge is 2.25. The van der Waals surface area contributed by atoms with Crippen LogP contribution in [0.3, 0.4) is 0 Å². The first kappa shape index (κ1) is 19.5. The lowest BCUT2D eigenvalue weighted by Gasteiger charge is -2.31. The van der Waals surface area contributed by atoms with E-state index in [-0.39, 0.29) is 23.8 Å². The second-order valence-electron chi connectivity index (χ2n) is 6.25. The molecule has 0 saturated carbocycles. The van der Waals surface area contributed by atoms with Gasteiger partial charge in [-0.05, 0) is 31.4 Å². The number of nitrogens with zero attached hydrogens (tertiary/aromatic N) is 1. The van der Waals surface area contributed by atoms with E-state index in [2.05, 4.69) is 28.9 Å². The fraction of sp³-hybridized carbons (Fsp3) is 0.600. The minimum atomic E-state index is -3.64. The Morgan fingerprint density at radius 2 is 2.13 bits per heavy atom. The molecule has 8 heteroatoms. The van der Waals surface area contributed by atoms with Crippen molar-refractivity contribution in [2.45, 2.75) is 44.0 Å². The lowest BCUT2D eigenvalue weighted by atomic mass is 9.90. The number of hydrogen-bond donors (Lipinski definition) is 3. The van der Waals surface area contributed by atoms with Crippen molar-refractivity contribution in [3.63, 3.8) is 0 Å². The van der Waals surface area contributed by atoms with Gasteiger partial charge in [0, 0.05) is 37.4 Å². The van der Waals surface area contributed by atoms with Gasteiger partial charge in [0.2, 0.25) is 15.9 Å². The molecule has 0 saturated heterocycles. The van der Waals surface area contributed by atoms with Crippen LogP contribution in [0.5, 0.6) is 0 Å². The third-order valence-corrected chi connectivity index (χ3v) is 4.79. The van der Waals surface area contributed by atoms with Crippen LogP contribution in [-0.2, 0) is 14.8 Å². The minimum Gasteiger partial charge on any atom is -0.350 e. The highest BCUT2D eigenvalue weighted by molar-refractivity contribution is 7.89. The molecule has 1 unspecified atom stereocenters. The van der Waals surface area contributed by atoms with Crippen LogP contribution in [0.4, 0.5) is 0 Å². The van der Waals surface area contributed by atoms with Crippen LogP contribution in [0.1, 0.15) is 33.6 Å². The van der Waals surface area contributed by atoms with Gasteiger partial charge < -0.3 is 11.1 Å². The van der Waals surface area contributed by atoms with Gasteiger partial charge in [-0.15, -0.1) is 0 Å². The number of sulfonamides is 1. The second kappa shape index (κ2) is 8.37. The molecule has 0 aliphatic rings. The summed E-state index contributed by atoms with van der Waals surface area (Å²) in [4.78, 5) is 15.9. The van der Waals surface area contributed by atoms with E-state index in [0.717, 1.165) is 6.42 Å². The van der Waals surface area contributed by atoms with E-state index in [1.54, 1.807) is 6.07 Å². The fourth-order valence-electron chi connectivity index (χ4n) is 2.37. The topological polar surface area (TPSA) is 114 Å². The number of nitrogens with two attached hydrogens (primary N) is 1. The molecule has 130 valence electrons. The molecule has 23 heavy (non-hydrogen) atoms. The molecular formula is C15H26N4O3S. The van der Waals surface area contributed by atoms with Crippen molar-refractivity contribution in [1.82, 2.24) is 15.0 Å². The third kappa shape index (κ3) is 6.64. The summed E-state index contributed by atoms with van der Waals surface area (Å²) >= 11 is 0. The van der Waals surface area contributed by atoms with Crippen molar-refractivity contribution >= 4 is 15.9 Å². The van der Waals surface area contributed by atoms with Crippen LogP contribution in [-0.4, -0.2) is 37.9 Å². The predicted octanol–water partition coefficient (Wildman–Crippen LogP) is 0.630. The van der Waals surface area contributed by atoms with E-state index in [1.807, 2.05) is 6.92 Å². The number of carbonyl (C=O) groups excluding carboxylic acids is 1. The normalized spacial score (nSPS) is 14.5. The van der Waals surface area contributed by atoms with Crippen molar-refractivity contribution in [2.24, 2.45) is 11.7 Å². The van der Waals surface area contributed by atoms with Gasteiger partial charge in [-0.2, -0.15) is 0 Å². The number of pyridine rings is 1. The molecule has 0 aliphatic carbocycles. The van der Waals surface area contributed by atoms with Gasteiger partial charge in [0.15, 0.2) is 0 Å². The number of carbonyl (C=O) groups is 1. The summed E-state index contributed by atoms with van der Waals surface area (Å²) in [5.41, 5.74) is 5.27. The molecule has 0 radical (unpaired) electrons. The molecule has 1 aromatic rings. The van der Waals surface area contributed by atoms with Gasteiger partial charge >= 0.3 is 0 Å². The van der Waals surface area contributed by atoms with E-state index < -0.39 is 15.6 Å². The highest BCUT2D eigenvalue weighted by Crippen LogP contribution is 2.15. The smallest absolute Gasteiger partial charge is 0.242 e. The Hall–Kier alpha value is -1.51. The van der Waals surface area contributed by atoms with Crippen LogP contribution in [0, 0.1) is 5.92 Å². The van der Waals surface area contributed by atoms with E-state index in [1.165, 1.54) is 18.5 Å². The molecule has 7 nitrogen and oxygen atoms in total. The Morgan fingerprint density at radius 1 is 1.43 bits per heavy atom. The van der Waals surface area contributed by atoms with Crippen LogP contribution in [0.25, 0.3) is 0 Å². The summed E-state index contributed by atoms with van der Waals surface area (Å²) in [7, 11) is -3.64. The largest absolute Gasteiger partial charge is 0.350 e. The van der Waals surface area contributed by atoms with Crippen LogP contribution < -0.4 is 15.8 Å². The van der Waals surface area contributed by atoms with Crippen molar-refractivity contribution in [3.8, 4) is 0 Å². The molecule has 1 aromatic heterocycles. The molecule has 1 amide bonds. The molecule has 1 atom stereocenters. The summed E-state index contributed by atoms with van der Waals surface area (Å²) in [5, 5.41) is 2.89. The maximum Gasteiger partial charge on any atom is 0.242 e. The zero-order chi connectivity index (χ0) is 17.5. The molecule has 0 aliphatic heterocycles. The molecule has 1 heterocycles. The zero-order valence-corrected chi connectivity index (χ0v) is 14.7. The van der Waals surface area contributed by atoms with Crippen molar-refractivity contribution < 1.29 is 13.2 Å². The van der Waals surface area contributed by atoms with Crippen molar-refractivity contribution in [1.29, 1.82) is 0 Å². The third-order valence-electron chi connectivity index (χ3n) is 3.34. The zero-order valence-electron chi connectivity index (χ0n) is 13.9. The number of hydrogen-bond acceptors (Lipinski definition) is 5. The number of aromatic nitrogens is 1. The van der Waals surface area contributed by atoms with Crippen molar-refractivity contribution in [3.05, 3.63) is 24.5 Å². The molecule has 1 rings (SSSR count). The Balaban J connectivity index is 2.51. The van der Waals surface area contributed by atoms with Gasteiger partial charge in [0.05, 0.1) is 0 Å². The Labute approximate surface area is 138 Å². The van der Waals surface area contributed by atoms with Crippen LogP contribution in [0.15, 0.2) is 29.4 Å². The summed E-state index contributed by atoms with van der Waals surface area (Å²) in [6, 6.07) is 2.99. The standard InChI is InChI=1S/C15H26N4O3S/c1-12(2)9-15(3,11-16)19-14(20)6-8-18-23(21,22)13-5-4-7-17-10-13/h4-5,7,10,12,18H,6,8-9,11,16H2,1-3H3,(H,19,20). The predicted molar refractivity (Wildman–Crippen MR) is 89.1 cm³/mol. The number of rotatable bonds is 9. The molecule has 0 aromatic carbocycles. The maximum absolute atomic E-state index is 12.0. The highest BCUT2D eigenvalue weighted by atomic mass is 32.2. The Bertz CT molecular complexity index is 604. The van der Waals surface area contributed by atoms with Gasteiger partial charge in [-0.25, -0.2) is 13.1 Å².